The van der Waals surface area contributed by atoms with Crippen molar-refractivity contribution in [3.63, 3.8) is 0 Å². The zero-order valence-corrected chi connectivity index (χ0v) is 29.2. The summed E-state index contributed by atoms with van der Waals surface area (Å²) in [5, 5.41) is 0. The van der Waals surface area contributed by atoms with Crippen LogP contribution in [0.25, 0.3) is 0 Å². The Balaban J connectivity index is 1.33. The number of hydrogen-bond donors (Lipinski definition) is 1. The molecule has 0 aromatic carbocycles. The third-order valence-electron chi connectivity index (χ3n) is 12.2. The van der Waals surface area contributed by atoms with E-state index in [9.17, 15) is 0 Å². The van der Waals surface area contributed by atoms with Crippen molar-refractivity contribution in [1.82, 2.24) is 4.98 Å². The topological polar surface area (TPSA) is 12.0 Å². The fourth-order valence-corrected chi connectivity index (χ4v) is 21.6. The van der Waals surface area contributed by atoms with E-state index in [1.54, 1.807) is 38.1 Å². The molecule has 4 rings (SSSR count). The molecule has 0 aromatic heterocycles. The van der Waals surface area contributed by atoms with Gasteiger partial charge in [-0.1, -0.05) is 147 Å². The molecule has 4 aliphatic carbocycles. The van der Waals surface area contributed by atoms with Crippen LogP contribution in [0.2, 0.25) is 41.8 Å². The molecule has 0 aliphatic heterocycles. The van der Waals surface area contributed by atoms with E-state index < -0.39 is 16.3 Å². The van der Waals surface area contributed by atoms with Crippen molar-refractivity contribution in [3.05, 3.63) is 24.3 Å². The van der Waals surface area contributed by atoms with E-state index in [0.29, 0.717) is 0 Å². The first-order valence-corrected chi connectivity index (χ1v) is 23.5. The molecule has 1 nitrogen and oxygen atoms in total. The summed E-state index contributed by atoms with van der Waals surface area (Å²) in [5.74, 6) is 2.51. The first kappa shape index (κ1) is 31.8. The molecule has 0 amide bonds. The second-order valence-corrected chi connectivity index (χ2v) is 25.7. The zero-order valence-electron chi connectivity index (χ0n) is 27.2. The zero-order chi connectivity index (χ0) is 27.9. The monoisotopic (exact) mass is 569 g/mol. The first-order chi connectivity index (χ1) is 18.7. The Morgan fingerprint density at radius 3 is 1.85 bits per heavy atom. The van der Waals surface area contributed by atoms with E-state index in [-0.39, 0.29) is 5.54 Å². The minimum Gasteiger partial charge on any atom is -0.332 e. The minimum absolute atomic E-state index is 0.223. The maximum atomic E-state index is 4.37. The summed E-state index contributed by atoms with van der Waals surface area (Å²) < 4.78 is 0. The Bertz CT molecular complexity index is 768. The molecule has 3 saturated carbocycles. The molecular formula is C36H67NSi2. The molecule has 224 valence electrons. The Morgan fingerprint density at radius 1 is 0.718 bits per heavy atom. The molecule has 0 saturated heterocycles. The van der Waals surface area contributed by atoms with Crippen LogP contribution in [0.15, 0.2) is 24.3 Å². The highest BCUT2D eigenvalue weighted by Gasteiger charge is 2.51. The molecular weight excluding hydrogens is 503 g/mol. The van der Waals surface area contributed by atoms with Crippen molar-refractivity contribution >= 4 is 16.3 Å². The highest BCUT2D eigenvalue weighted by Crippen LogP contribution is 2.55. The van der Waals surface area contributed by atoms with Crippen LogP contribution in [0.3, 0.4) is 0 Å². The van der Waals surface area contributed by atoms with E-state index in [4.69, 9.17) is 0 Å². The molecule has 1 N–H and O–H groups in total. The Kier molecular flexibility index (Phi) is 11.7. The molecule has 4 aliphatic rings. The van der Waals surface area contributed by atoms with Crippen LogP contribution < -0.4 is 4.98 Å². The van der Waals surface area contributed by atoms with Crippen LogP contribution in [0.5, 0.6) is 0 Å². The average molecular weight is 570 g/mol. The summed E-state index contributed by atoms with van der Waals surface area (Å²) in [6.07, 6.45) is 35.6. The van der Waals surface area contributed by atoms with E-state index in [2.05, 4.69) is 70.1 Å². The van der Waals surface area contributed by atoms with E-state index in [0.717, 1.165) is 23.3 Å². The van der Waals surface area contributed by atoms with Gasteiger partial charge in [-0.05, 0) is 74.0 Å². The molecule has 3 fully saturated rings. The van der Waals surface area contributed by atoms with Crippen LogP contribution in [0, 0.1) is 17.8 Å². The van der Waals surface area contributed by atoms with Gasteiger partial charge >= 0.3 is 0 Å². The van der Waals surface area contributed by atoms with Crippen molar-refractivity contribution in [3.8, 4) is 0 Å². The standard InChI is InChI=1S/C36H67NSi2/c1-7-8-11-20-30-29-35(34-26-17-16-25-33(30)34)39(6,37-36(2,3)4)28-19-10-9-18-27-38(5,31-21-12-13-22-31)32-23-14-15-24-32/h16-17,25-26,30-35,37H,7-15,18-24,27-29H2,1-6H3. The lowest BCUT2D eigenvalue weighted by atomic mass is 9.84. The fourth-order valence-electron chi connectivity index (χ4n) is 10.3. The summed E-state index contributed by atoms with van der Waals surface area (Å²) in [7, 11) is -2.71. The Morgan fingerprint density at radius 2 is 1.28 bits per heavy atom. The Labute approximate surface area is 247 Å². The number of rotatable bonds is 15. The predicted octanol–water partition coefficient (Wildman–Crippen LogP) is 11.8. The van der Waals surface area contributed by atoms with Crippen LogP contribution in [-0.4, -0.2) is 21.8 Å². The summed E-state index contributed by atoms with van der Waals surface area (Å²) in [6.45, 7) is 15.3. The summed E-state index contributed by atoms with van der Waals surface area (Å²) >= 11 is 0. The molecule has 0 bridgehead atoms. The summed E-state index contributed by atoms with van der Waals surface area (Å²) in [5.41, 5.74) is 3.46. The van der Waals surface area contributed by atoms with Gasteiger partial charge in [0, 0.05) is 5.54 Å². The third kappa shape index (κ3) is 8.25. The van der Waals surface area contributed by atoms with Gasteiger partial charge < -0.3 is 4.98 Å². The second-order valence-electron chi connectivity index (χ2n) is 16.2. The van der Waals surface area contributed by atoms with E-state index in [1.807, 2.05) is 0 Å². The van der Waals surface area contributed by atoms with Crippen LogP contribution in [0.1, 0.15) is 137 Å². The number of fused-ring (bicyclic) bond motifs is 1. The smallest absolute Gasteiger partial charge is 0.126 e. The highest BCUT2D eigenvalue weighted by molar-refractivity contribution is 6.81. The summed E-state index contributed by atoms with van der Waals surface area (Å²) in [6, 6.07) is 3.14. The lowest BCUT2D eigenvalue weighted by Gasteiger charge is -2.43. The largest absolute Gasteiger partial charge is 0.332 e. The molecule has 0 aromatic rings. The predicted molar refractivity (Wildman–Crippen MR) is 180 cm³/mol. The normalized spacial score (nSPS) is 29.8. The van der Waals surface area contributed by atoms with E-state index in [1.165, 1.54) is 94.2 Å². The molecule has 0 spiro atoms. The lowest BCUT2D eigenvalue weighted by molar-refractivity contribution is 0.379. The van der Waals surface area contributed by atoms with Gasteiger partial charge in [0.15, 0.2) is 0 Å². The average Bonchev–Trinajstić information content (AvgIpc) is 3.67. The molecule has 3 heteroatoms. The van der Waals surface area contributed by atoms with Crippen LogP contribution >= 0.6 is 0 Å². The van der Waals surface area contributed by atoms with Crippen molar-refractivity contribution in [2.75, 3.05) is 0 Å². The molecule has 0 radical (unpaired) electrons. The van der Waals surface area contributed by atoms with Crippen LogP contribution in [0.4, 0.5) is 0 Å². The van der Waals surface area contributed by atoms with Gasteiger partial charge in [0.1, 0.15) is 8.24 Å². The van der Waals surface area contributed by atoms with Crippen molar-refractivity contribution in [2.24, 2.45) is 17.8 Å². The second kappa shape index (κ2) is 14.4. The number of nitrogens with one attached hydrogen (secondary N) is 1. The number of allylic oxidation sites excluding steroid dienone is 4. The van der Waals surface area contributed by atoms with E-state index >= 15 is 0 Å². The van der Waals surface area contributed by atoms with Crippen molar-refractivity contribution in [1.29, 1.82) is 0 Å². The quantitative estimate of drug-likeness (QED) is 0.153. The van der Waals surface area contributed by atoms with Crippen molar-refractivity contribution in [2.45, 2.75) is 184 Å². The van der Waals surface area contributed by atoms with Gasteiger partial charge in [0.25, 0.3) is 0 Å². The minimum atomic E-state index is -1.62. The third-order valence-corrected chi connectivity index (χ3v) is 23.5. The number of hydrogen-bond acceptors (Lipinski definition) is 1. The maximum absolute atomic E-state index is 4.37. The number of unbranched alkanes of at least 4 members (excludes halogenated alkanes) is 5. The molecule has 5 unspecified atom stereocenters. The summed E-state index contributed by atoms with van der Waals surface area (Å²) in [4.78, 5) is 4.37. The fraction of sp³-hybridized carbons (Fsp3) is 0.889. The van der Waals surface area contributed by atoms with Crippen LogP contribution in [-0.2, 0) is 0 Å². The van der Waals surface area contributed by atoms with Crippen molar-refractivity contribution < 1.29 is 0 Å². The van der Waals surface area contributed by atoms with Gasteiger partial charge in [0.05, 0.1) is 8.07 Å². The van der Waals surface area contributed by atoms with Gasteiger partial charge in [-0.25, -0.2) is 0 Å². The highest BCUT2D eigenvalue weighted by atomic mass is 28.3. The SMILES string of the molecule is CCCCCC1CC([Si](C)(CCCCCC[Si](C)(C2CCCC2)C2CCCC2)NC(C)(C)C)C2C=CC=CC12. The first-order valence-electron chi connectivity index (χ1n) is 17.8. The maximum Gasteiger partial charge on any atom is 0.126 e. The van der Waals surface area contributed by atoms with Gasteiger partial charge in [-0.3, -0.25) is 0 Å². The van der Waals surface area contributed by atoms with Gasteiger partial charge in [-0.15, -0.1) is 0 Å². The van der Waals surface area contributed by atoms with Gasteiger partial charge in [-0.2, -0.15) is 0 Å². The molecule has 0 heterocycles. The lowest BCUT2D eigenvalue weighted by Crippen LogP contribution is -2.59. The molecule has 39 heavy (non-hydrogen) atoms. The van der Waals surface area contributed by atoms with Gasteiger partial charge in [0.2, 0.25) is 0 Å². The Hall–Kier alpha value is -0.126. The molecule has 5 atom stereocenters.